The lowest BCUT2D eigenvalue weighted by Crippen LogP contribution is -2.47. The molecule has 0 fully saturated rings. The van der Waals surface area contributed by atoms with Gasteiger partial charge in [0.05, 0.1) is 0 Å². The Morgan fingerprint density at radius 1 is 1.28 bits per heavy atom. The number of benzene rings is 1. The maximum atomic E-state index is 9.90. The summed E-state index contributed by atoms with van der Waals surface area (Å²) in [5, 5.41) is 13.4. The van der Waals surface area contributed by atoms with Crippen LogP contribution in [0, 0.1) is 0 Å². The largest absolute Gasteiger partial charge is 0.508 e. The summed E-state index contributed by atoms with van der Waals surface area (Å²) in [6, 6.07) is 7.76. The van der Waals surface area contributed by atoms with Crippen molar-refractivity contribution < 1.29 is 5.11 Å². The number of likely N-dealkylation sites (N-methyl/N-ethyl adjacent to an activating group) is 1. The second-order valence-corrected chi connectivity index (χ2v) is 5.61. The van der Waals surface area contributed by atoms with Gasteiger partial charge in [-0.2, -0.15) is 0 Å². The van der Waals surface area contributed by atoms with Crippen LogP contribution >= 0.6 is 0 Å². The molecule has 0 radical (unpaired) electrons. The number of hydrogen-bond donors (Lipinski definition) is 2. The molecule has 0 aliphatic carbocycles. The van der Waals surface area contributed by atoms with Gasteiger partial charge in [-0.15, -0.1) is 0 Å². The molecule has 0 amide bonds. The third-order valence-electron chi connectivity index (χ3n) is 3.71. The van der Waals surface area contributed by atoms with Crippen molar-refractivity contribution in [1.29, 1.82) is 0 Å². The molecule has 0 spiro atoms. The van der Waals surface area contributed by atoms with Crippen molar-refractivity contribution in [2.24, 2.45) is 0 Å². The highest BCUT2D eigenvalue weighted by molar-refractivity contribution is 5.34. The van der Waals surface area contributed by atoms with Gasteiger partial charge in [-0.25, -0.2) is 0 Å². The van der Waals surface area contributed by atoms with Gasteiger partial charge < -0.3 is 15.3 Å². The Morgan fingerprint density at radius 2 is 1.89 bits per heavy atom. The van der Waals surface area contributed by atoms with E-state index in [4.69, 9.17) is 0 Å². The number of phenols is 1. The van der Waals surface area contributed by atoms with Crippen LogP contribution in [-0.4, -0.2) is 36.2 Å². The fraction of sp³-hybridized carbons (Fsp3) is 0.600. The normalized spacial score (nSPS) is 13.9. The summed E-state index contributed by atoms with van der Waals surface area (Å²) in [6.45, 7) is 7.43. The first-order valence-corrected chi connectivity index (χ1v) is 6.57. The van der Waals surface area contributed by atoms with Crippen molar-refractivity contribution in [3.05, 3.63) is 29.8 Å². The van der Waals surface area contributed by atoms with Crippen LogP contribution in [0.1, 0.15) is 38.8 Å². The first-order valence-electron chi connectivity index (χ1n) is 6.57. The van der Waals surface area contributed by atoms with Crippen molar-refractivity contribution in [3.8, 4) is 5.75 Å². The molecule has 2 N–H and O–H groups in total. The number of aromatic hydroxyl groups is 1. The van der Waals surface area contributed by atoms with E-state index in [1.807, 2.05) is 18.2 Å². The van der Waals surface area contributed by atoms with Crippen LogP contribution in [0.3, 0.4) is 0 Å². The van der Waals surface area contributed by atoms with E-state index in [0.29, 0.717) is 5.75 Å². The van der Waals surface area contributed by atoms with Gasteiger partial charge in [0.1, 0.15) is 5.75 Å². The van der Waals surface area contributed by atoms with Crippen molar-refractivity contribution >= 4 is 0 Å². The zero-order chi connectivity index (χ0) is 13.8. The molecule has 1 unspecified atom stereocenters. The molecule has 3 nitrogen and oxygen atoms in total. The van der Waals surface area contributed by atoms with E-state index >= 15 is 0 Å². The van der Waals surface area contributed by atoms with Gasteiger partial charge >= 0.3 is 0 Å². The van der Waals surface area contributed by atoms with Crippen LogP contribution < -0.4 is 5.32 Å². The van der Waals surface area contributed by atoms with E-state index in [0.717, 1.165) is 18.5 Å². The lowest BCUT2D eigenvalue weighted by Gasteiger charge is -2.34. The molecule has 0 heterocycles. The van der Waals surface area contributed by atoms with E-state index in [1.54, 1.807) is 6.07 Å². The minimum Gasteiger partial charge on any atom is -0.508 e. The molecule has 0 aromatic heterocycles. The molecule has 0 aliphatic rings. The maximum absolute atomic E-state index is 9.90. The van der Waals surface area contributed by atoms with Crippen LogP contribution in [0.4, 0.5) is 0 Å². The summed E-state index contributed by atoms with van der Waals surface area (Å²) in [7, 11) is 4.17. The molecule has 0 bridgehead atoms. The molecule has 1 atom stereocenters. The highest BCUT2D eigenvalue weighted by atomic mass is 16.3. The molecule has 1 rings (SSSR count). The van der Waals surface area contributed by atoms with E-state index in [9.17, 15) is 5.11 Å². The summed E-state index contributed by atoms with van der Waals surface area (Å²) < 4.78 is 0. The number of nitrogens with zero attached hydrogens (tertiary/aromatic N) is 1. The molecule has 0 saturated heterocycles. The Kier molecular flexibility index (Phi) is 5.17. The van der Waals surface area contributed by atoms with Gasteiger partial charge in [-0.1, -0.05) is 25.1 Å². The second kappa shape index (κ2) is 6.21. The number of phenolic OH excluding ortho intramolecular Hbond substituents is 1. The average Bonchev–Trinajstić information content (AvgIpc) is 2.31. The minimum atomic E-state index is 0.0951. The SMILES string of the molecule is CCC(NCC(C)(C)N(C)C)c1ccccc1O. The Morgan fingerprint density at radius 3 is 2.39 bits per heavy atom. The van der Waals surface area contributed by atoms with Gasteiger partial charge in [0.15, 0.2) is 0 Å². The molecule has 0 saturated carbocycles. The predicted molar refractivity (Wildman–Crippen MR) is 76.9 cm³/mol. The number of rotatable bonds is 6. The summed E-state index contributed by atoms with van der Waals surface area (Å²) in [4.78, 5) is 2.21. The number of para-hydroxylation sites is 1. The summed E-state index contributed by atoms with van der Waals surface area (Å²) >= 11 is 0. The van der Waals surface area contributed by atoms with Gasteiger partial charge in [0.25, 0.3) is 0 Å². The fourth-order valence-corrected chi connectivity index (χ4v) is 1.79. The third kappa shape index (κ3) is 3.72. The first kappa shape index (κ1) is 15.0. The van der Waals surface area contributed by atoms with Crippen LogP contribution in [0.5, 0.6) is 5.75 Å². The quantitative estimate of drug-likeness (QED) is 0.815. The van der Waals surface area contributed by atoms with E-state index in [-0.39, 0.29) is 11.6 Å². The molecule has 0 aliphatic heterocycles. The number of hydrogen-bond acceptors (Lipinski definition) is 3. The van der Waals surface area contributed by atoms with Crippen molar-refractivity contribution in [1.82, 2.24) is 10.2 Å². The van der Waals surface area contributed by atoms with Crippen LogP contribution in [-0.2, 0) is 0 Å². The fourth-order valence-electron chi connectivity index (χ4n) is 1.79. The average molecular weight is 250 g/mol. The predicted octanol–water partition coefficient (Wildman–Crippen LogP) is 2.77. The van der Waals surface area contributed by atoms with Gasteiger partial charge in [-0.3, -0.25) is 0 Å². The summed E-state index contributed by atoms with van der Waals surface area (Å²) in [6.07, 6.45) is 0.959. The van der Waals surface area contributed by atoms with Crippen molar-refractivity contribution in [2.45, 2.75) is 38.8 Å². The molecular weight excluding hydrogens is 224 g/mol. The van der Waals surface area contributed by atoms with Crippen LogP contribution in [0.15, 0.2) is 24.3 Å². The second-order valence-electron chi connectivity index (χ2n) is 5.61. The Bertz CT molecular complexity index is 375. The highest BCUT2D eigenvalue weighted by Gasteiger charge is 2.22. The Hall–Kier alpha value is -1.06. The first-order chi connectivity index (χ1) is 8.38. The molecule has 3 heteroatoms. The summed E-state index contributed by atoms with van der Waals surface area (Å²) in [5.41, 5.74) is 1.08. The maximum Gasteiger partial charge on any atom is 0.120 e. The Labute approximate surface area is 111 Å². The smallest absolute Gasteiger partial charge is 0.120 e. The lowest BCUT2D eigenvalue weighted by atomic mass is 10.00. The molecular formula is C15H26N2O. The Balaban J connectivity index is 2.72. The van der Waals surface area contributed by atoms with Crippen molar-refractivity contribution in [3.63, 3.8) is 0 Å². The third-order valence-corrected chi connectivity index (χ3v) is 3.71. The zero-order valence-corrected chi connectivity index (χ0v) is 12.2. The molecule has 18 heavy (non-hydrogen) atoms. The zero-order valence-electron chi connectivity index (χ0n) is 12.2. The van der Waals surface area contributed by atoms with E-state index < -0.39 is 0 Å². The summed E-state index contributed by atoms with van der Waals surface area (Å²) in [5.74, 6) is 0.375. The lowest BCUT2D eigenvalue weighted by molar-refractivity contribution is 0.183. The van der Waals surface area contributed by atoms with Gasteiger partial charge in [0, 0.05) is 23.7 Å². The van der Waals surface area contributed by atoms with Crippen LogP contribution in [0.2, 0.25) is 0 Å². The van der Waals surface area contributed by atoms with Crippen LogP contribution in [0.25, 0.3) is 0 Å². The van der Waals surface area contributed by atoms with Gasteiger partial charge in [-0.05, 0) is 40.4 Å². The van der Waals surface area contributed by atoms with Crippen molar-refractivity contribution in [2.75, 3.05) is 20.6 Å². The van der Waals surface area contributed by atoms with E-state index in [2.05, 4.69) is 45.1 Å². The topological polar surface area (TPSA) is 35.5 Å². The number of nitrogens with one attached hydrogen (secondary N) is 1. The standard InChI is InChI=1S/C15H26N2O/c1-6-13(12-9-7-8-10-14(12)18)16-11-15(2,3)17(4)5/h7-10,13,16,18H,6,11H2,1-5H3. The molecule has 102 valence electrons. The highest BCUT2D eigenvalue weighted by Crippen LogP contribution is 2.26. The molecule has 1 aromatic rings. The molecule has 1 aromatic carbocycles. The van der Waals surface area contributed by atoms with Gasteiger partial charge in [0.2, 0.25) is 0 Å². The van der Waals surface area contributed by atoms with E-state index in [1.165, 1.54) is 0 Å². The monoisotopic (exact) mass is 250 g/mol. The minimum absolute atomic E-state index is 0.0951.